The molecule has 126 valence electrons. The molecule has 0 saturated carbocycles. The van der Waals surface area contributed by atoms with Gasteiger partial charge in [-0.3, -0.25) is 4.79 Å². The third-order valence-electron chi connectivity index (χ3n) is 3.12. The molecule has 7 heteroatoms. The Kier molecular flexibility index (Phi) is 6.81. The molecule has 0 amide bonds. The predicted octanol–water partition coefficient (Wildman–Crippen LogP) is 3.08. The molecule has 0 radical (unpaired) electrons. The molecule has 4 nitrogen and oxygen atoms in total. The summed E-state index contributed by atoms with van der Waals surface area (Å²) in [6, 6.07) is 0.699. The van der Waals surface area contributed by atoms with Crippen LogP contribution in [0.5, 0.6) is 0 Å². The van der Waals surface area contributed by atoms with E-state index in [1.165, 1.54) is 6.20 Å². The molecule has 1 rings (SSSR count). The average molecular weight is 329 g/mol. The van der Waals surface area contributed by atoms with Gasteiger partial charge in [-0.1, -0.05) is 0 Å². The minimum absolute atomic E-state index is 0.0158. The van der Waals surface area contributed by atoms with Crippen LogP contribution in [0.2, 0.25) is 0 Å². The Morgan fingerprint density at radius 2 is 1.61 bits per heavy atom. The molecule has 0 atom stereocenters. The Morgan fingerprint density at radius 3 is 2.13 bits per heavy atom. The van der Waals surface area contributed by atoms with Crippen molar-refractivity contribution in [3.05, 3.63) is 46.9 Å². The Balaban J connectivity index is 3.34. The van der Waals surface area contributed by atoms with E-state index in [9.17, 15) is 22.8 Å². The first kappa shape index (κ1) is 18.7. The van der Waals surface area contributed by atoms with Crippen LogP contribution < -0.4 is 0 Å². The van der Waals surface area contributed by atoms with Gasteiger partial charge in [-0.15, -0.1) is 0 Å². The first-order valence-corrected chi connectivity index (χ1v) is 7.17. The lowest BCUT2D eigenvalue weighted by molar-refractivity contribution is -0.138. The van der Waals surface area contributed by atoms with Crippen LogP contribution in [-0.4, -0.2) is 36.3 Å². The van der Waals surface area contributed by atoms with Crippen LogP contribution >= 0.6 is 0 Å². The minimum Gasteiger partial charge on any atom is -0.462 e. The van der Waals surface area contributed by atoms with Crippen molar-refractivity contribution in [1.82, 2.24) is 4.90 Å². The number of esters is 1. The van der Waals surface area contributed by atoms with Crippen LogP contribution in [-0.2, 0) is 9.53 Å². The Bertz CT molecular complexity index is 625. The van der Waals surface area contributed by atoms with Crippen LogP contribution in [0.1, 0.15) is 31.1 Å². The van der Waals surface area contributed by atoms with Crippen molar-refractivity contribution >= 4 is 11.8 Å². The van der Waals surface area contributed by atoms with Crippen molar-refractivity contribution in [2.24, 2.45) is 0 Å². The minimum atomic E-state index is -1.41. The van der Waals surface area contributed by atoms with Gasteiger partial charge in [0.05, 0.1) is 12.2 Å². The number of rotatable bonds is 7. The molecule has 0 aromatic heterocycles. The number of carbonyl (C=O) groups excluding carboxylic acids is 2. The van der Waals surface area contributed by atoms with Crippen molar-refractivity contribution < 1.29 is 27.5 Å². The zero-order chi connectivity index (χ0) is 17.6. The zero-order valence-corrected chi connectivity index (χ0v) is 13.2. The van der Waals surface area contributed by atoms with E-state index in [0.717, 1.165) is 0 Å². The van der Waals surface area contributed by atoms with E-state index in [2.05, 4.69) is 0 Å². The Morgan fingerprint density at radius 1 is 1.04 bits per heavy atom. The molecule has 0 aliphatic heterocycles. The number of benzene rings is 1. The van der Waals surface area contributed by atoms with Gasteiger partial charge in [-0.05, 0) is 26.8 Å². The largest absolute Gasteiger partial charge is 0.462 e. The molecule has 1 aromatic carbocycles. The van der Waals surface area contributed by atoms with Crippen LogP contribution in [0.4, 0.5) is 13.2 Å². The molecule has 0 bridgehead atoms. The van der Waals surface area contributed by atoms with Crippen LogP contribution in [0, 0.1) is 17.5 Å². The summed E-state index contributed by atoms with van der Waals surface area (Å²) in [6.07, 6.45) is 1.24. The first-order chi connectivity index (χ1) is 10.8. The standard InChI is InChI=1S/C16H18F3NO3/c1-4-20(5-2)9-11(16(22)23-6-3)15(21)10-7-13(18)14(19)8-12(10)17/h7-9H,4-6H2,1-3H3/b11-9-. The summed E-state index contributed by atoms with van der Waals surface area (Å²) in [5.74, 6) is -6.05. The highest BCUT2D eigenvalue weighted by molar-refractivity contribution is 6.24. The highest BCUT2D eigenvalue weighted by atomic mass is 19.2. The first-order valence-electron chi connectivity index (χ1n) is 7.17. The van der Waals surface area contributed by atoms with Gasteiger partial charge in [-0.2, -0.15) is 0 Å². The number of halogens is 3. The molecule has 23 heavy (non-hydrogen) atoms. The number of hydrogen-bond acceptors (Lipinski definition) is 4. The summed E-state index contributed by atoms with van der Waals surface area (Å²) in [6.45, 7) is 6.15. The lowest BCUT2D eigenvalue weighted by atomic mass is 10.0. The van der Waals surface area contributed by atoms with E-state index >= 15 is 0 Å². The molecular weight excluding hydrogens is 311 g/mol. The highest BCUT2D eigenvalue weighted by Gasteiger charge is 2.26. The maximum absolute atomic E-state index is 13.8. The number of hydrogen-bond donors (Lipinski definition) is 0. The van der Waals surface area contributed by atoms with Gasteiger partial charge >= 0.3 is 5.97 Å². The summed E-state index contributed by atoms with van der Waals surface area (Å²) < 4.78 is 44.8. The summed E-state index contributed by atoms with van der Waals surface area (Å²) in [4.78, 5) is 26.0. The second-order valence-corrected chi connectivity index (χ2v) is 4.56. The monoisotopic (exact) mass is 329 g/mol. The highest BCUT2D eigenvalue weighted by Crippen LogP contribution is 2.18. The SMILES string of the molecule is CCOC(=O)/C(=C\N(CC)CC)C(=O)c1cc(F)c(F)cc1F. The molecule has 0 aliphatic rings. The van der Waals surface area contributed by atoms with Crippen molar-refractivity contribution in [3.63, 3.8) is 0 Å². The van der Waals surface area contributed by atoms with E-state index in [1.807, 2.05) is 0 Å². The van der Waals surface area contributed by atoms with Crippen molar-refractivity contribution in [2.45, 2.75) is 20.8 Å². The van der Waals surface area contributed by atoms with E-state index < -0.39 is 40.3 Å². The van der Waals surface area contributed by atoms with E-state index in [4.69, 9.17) is 4.74 Å². The van der Waals surface area contributed by atoms with Gasteiger partial charge in [0.15, 0.2) is 11.6 Å². The second-order valence-electron chi connectivity index (χ2n) is 4.56. The van der Waals surface area contributed by atoms with Gasteiger partial charge in [0.25, 0.3) is 0 Å². The second kappa shape index (κ2) is 8.36. The van der Waals surface area contributed by atoms with Gasteiger partial charge in [0.1, 0.15) is 11.4 Å². The van der Waals surface area contributed by atoms with E-state index in [0.29, 0.717) is 19.2 Å². The zero-order valence-electron chi connectivity index (χ0n) is 13.2. The fourth-order valence-corrected chi connectivity index (χ4v) is 1.84. The van der Waals surface area contributed by atoms with E-state index in [1.54, 1.807) is 25.7 Å². The van der Waals surface area contributed by atoms with Crippen molar-refractivity contribution in [3.8, 4) is 0 Å². The fraction of sp³-hybridized carbons (Fsp3) is 0.375. The molecule has 1 aromatic rings. The van der Waals surface area contributed by atoms with Crippen molar-refractivity contribution in [1.29, 1.82) is 0 Å². The summed E-state index contributed by atoms with van der Waals surface area (Å²) in [7, 11) is 0. The average Bonchev–Trinajstić information content (AvgIpc) is 2.51. The van der Waals surface area contributed by atoms with E-state index in [-0.39, 0.29) is 12.7 Å². The predicted molar refractivity (Wildman–Crippen MR) is 78.3 cm³/mol. The molecular formula is C16H18F3NO3. The lowest BCUT2D eigenvalue weighted by Crippen LogP contribution is -2.23. The maximum atomic E-state index is 13.8. The summed E-state index contributed by atoms with van der Waals surface area (Å²) >= 11 is 0. The van der Waals surface area contributed by atoms with Gasteiger partial charge in [0.2, 0.25) is 5.78 Å². The van der Waals surface area contributed by atoms with Crippen LogP contribution in [0.25, 0.3) is 0 Å². The third-order valence-corrected chi connectivity index (χ3v) is 3.12. The van der Waals surface area contributed by atoms with Crippen LogP contribution in [0.3, 0.4) is 0 Å². The normalized spacial score (nSPS) is 11.3. The third kappa shape index (κ3) is 4.58. The number of Topliss-reactive ketones (excluding diaryl/α,β-unsaturated/α-hetero) is 1. The molecule has 0 spiro atoms. The molecule has 0 fully saturated rings. The summed E-state index contributed by atoms with van der Waals surface area (Å²) in [5, 5.41) is 0. The number of nitrogens with zero attached hydrogens (tertiary/aromatic N) is 1. The number of ketones is 1. The fourth-order valence-electron chi connectivity index (χ4n) is 1.84. The van der Waals surface area contributed by atoms with Crippen molar-refractivity contribution in [2.75, 3.05) is 19.7 Å². The molecule has 0 saturated heterocycles. The van der Waals surface area contributed by atoms with Crippen LogP contribution in [0.15, 0.2) is 23.9 Å². The van der Waals surface area contributed by atoms with Gasteiger partial charge in [0, 0.05) is 25.4 Å². The van der Waals surface area contributed by atoms with Gasteiger partial charge in [-0.25, -0.2) is 18.0 Å². The number of carbonyl (C=O) groups is 2. The molecule has 0 aliphatic carbocycles. The smallest absolute Gasteiger partial charge is 0.343 e. The maximum Gasteiger partial charge on any atom is 0.343 e. The van der Waals surface area contributed by atoms with Gasteiger partial charge < -0.3 is 9.64 Å². The molecule has 0 heterocycles. The Labute approximate surface area is 132 Å². The lowest BCUT2D eigenvalue weighted by Gasteiger charge is -2.17. The molecule has 0 unspecified atom stereocenters. The summed E-state index contributed by atoms with van der Waals surface area (Å²) in [5.41, 5.74) is -1.17. The number of ether oxygens (including phenoxy) is 1. The Hall–Kier alpha value is -2.31. The topological polar surface area (TPSA) is 46.6 Å². The molecule has 0 N–H and O–H groups in total. The quantitative estimate of drug-likeness (QED) is 0.193.